The molecule has 6 heteroatoms. The zero-order valence-corrected chi connectivity index (χ0v) is 12.5. The average Bonchev–Trinajstić information content (AvgIpc) is 2.75. The van der Waals surface area contributed by atoms with E-state index in [9.17, 15) is 0 Å². The van der Waals surface area contributed by atoms with E-state index in [0.717, 1.165) is 35.7 Å². The average molecular weight is 275 g/mol. The molecule has 0 saturated heterocycles. The summed E-state index contributed by atoms with van der Waals surface area (Å²) < 4.78 is 6.95. The van der Waals surface area contributed by atoms with E-state index in [1.165, 1.54) is 0 Å². The van der Waals surface area contributed by atoms with E-state index < -0.39 is 0 Å². The molecule has 0 aliphatic rings. The van der Waals surface area contributed by atoms with E-state index in [-0.39, 0.29) is 0 Å². The van der Waals surface area contributed by atoms with Crippen molar-refractivity contribution in [3.8, 4) is 11.4 Å². The third kappa shape index (κ3) is 3.33. The lowest BCUT2D eigenvalue weighted by atomic mass is 10.2. The predicted octanol–water partition coefficient (Wildman–Crippen LogP) is 2.15. The van der Waals surface area contributed by atoms with Gasteiger partial charge in [-0.1, -0.05) is 6.92 Å². The number of methoxy groups -OCH3 is 1. The van der Waals surface area contributed by atoms with Gasteiger partial charge in [0.2, 0.25) is 0 Å². The Bertz CT molecular complexity index is 579. The van der Waals surface area contributed by atoms with Crippen LogP contribution in [0.15, 0.2) is 12.3 Å². The van der Waals surface area contributed by atoms with Gasteiger partial charge in [0.1, 0.15) is 5.82 Å². The Morgan fingerprint density at radius 1 is 1.35 bits per heavy atom. The van der Waals surface area contributed by atoms with Gasteiger partial charge in [0, 0.05) is 33.0 Å². The van der Waals surface area contributed by atoms with Crippen molar-refractivity contribution >= 4 is 5.82 Å². The fourth-order valence-corrected chi connectivity index (χ4v) is 2.00. The smallest absolute Gasteiger partial charge is 0.165 e. The lowest BCUT2D eigenvalue weighted by Crippen LogP contribution is -2.06. The third-order valence-electron chi connectivity index (χ3n) is 2.88. The van der Waals surface area contributed by atoms with Gasteiger partial charge in [0.05, 0.1) is 23.6 Å². The number of aryl methyl sites for hydroxylation is 2. The molecule has 0 bridgehead atoms. The minimum Gasteiger partial charge on any atom is -0.378 e. The molecular formula is C14H21N5O. The quantitative estimate of drug-likeness (QED) is 0.875. The molecule has 108 valence electrons. The molecule has 0 aliphatic carbocycles. The molecule has 0 atom stereocenters. The van der Waals surface area contributed by atoms with Crippen LogP contribution in [-0.4, -0.2) is 33.4 Å². The van der Waals surface area contributed by atoms with E-state index in [2.05, 4.69) is 27.3 Å². The summed E-state index contributed by atoms with van der Waals surface area (Å²) in [7, 11) is 3.56. The molecule has 0 aliphatic heterocycles. The fourth-order valence-electron chi connectivity index (χ4n) is 2.00. The zero-order valence-electron chi connectivity index (χ0n) is 12.5. The minimum atomic E-state index is 0.468. The van der Waals surface area contributed by atoms with E-state index >= 15 is 0 Å². The van der Waals surface area contributed by atoms with Crippen molar-refractivity contribution < 1.29 is 4.74 Å². The monoisotopic (exact) mass is 275 g/mol. The SMILES string of the molecule is CCCNc1cc(COC)nc(-c2cn(C)nc2C)n1. The van der Waals surface area contributed by atoms with Crippen LogP contribution in [0, 0.1) is 6.92 Å². The summed E-state index contributed by atoms with van der Waals surface area (Å²) in [6.45, 7) is 5.43. The molecule has 0 amide bonds. The van der Waals surface area contributed by atoms with E-state index in [0.29, 0.717) is 12.4 Å². The molecule has 2 aromatic heterocycles. The van der Waals surface area contributed by atoms with Gasteiger partial charge >= 0.3 is 0 Å². The Balaban J connectivity index is 2.40. The number of anilines is 1. The molecule has 1 N–H and O–H groups in total. The van der Waals surface area contributed by atoms with Crippen LogP contribution in [0.5, 0.6) is 0 Å². The predicted molar refractivity (Wildman–Crippen MR) is 78.5 cm³/mol. The van der Waals surface area contributed by atoms with Crippen molar-refractivity contribution in [3.63, 3.8) is 0 Å². The summed E-state index contributed by atoms with van der Waals surface area (Å²) in [6.07, 6.45) is 2.98. The van der Waals surface area contributed by atoms with Gasteiger partial charge in [-0.3, -0.25) is 4.68 Å². The summed E-state index contributed by atoms with van der Waals surface area (Å²) in [6, 6.07) is 1.92. The zero-order chi connectivity index (χ0) is 14.5. The van der Waals surface area contributed by atoms with Gasteiger partial charge in [-0.2, -0.15) is 5.10 Å². The van der Waals surface area contributed by atoms with E-state index in [1.807, 2.05) is 26.2 Å². The molecule has 6 nitrogen and oxygen atoms in total. The van der Waals surface area contributed by atoms with E-state index in [1.54, 1.807) is 11.8 Å². The molecule has 2 rings (SSSR count). The highest BCUT2D eigenvalue weighted by Gasteiger charge is 2.12. The van der Waals surface area contributed by atoms with Crippen LogP contribution in [0.3, 0.4) is 0 Å². The first-order valence-electron chi connectivity index (χ1n) is 6.75. The Labute approximate surface area is 119 Å². The number of nitrogens with one attached hydrogen (secondary N) is 1. The second-order valence-corrected chi connectivity index (χ2v) is 4.73. The number of ether oxygens (including phenoxy) is 1. The van der Waals surface area contributed by atoms with Crippen molar-refractivity contribution in [2.75, 3.05) is 19.0 Å². The maximum absolute atomic E-state index is 5.17. The first kappa shape index (κ1) is 14.5. The van der Waals surface area contributed by atoms with Crippen LogP contribution < -0.4 is 5.32 Å². The number of nitrogens with zero attached hydrogens (tertiary/aromatic N) is 4. The molecule has 0 spiro atoms. The van der Waals surface area contributed by atoms with Gasteiger partial charge < -0.3 is 10.1 Å². The van der Waals surface area contributed by atoms with Crippen LogP contribution in [-0.2, 0) is 18.4 Å². The highest BCUT2D eigenvalue weighted by atomic mass is 16.5. The fraction of sp³-hybridized carbons (Fsp3) is 0.500. The number of aromatic nitrogens is 4. The van der Waals surface area contributed by atoms with E-state index in [4.69, 9.17) is 4.74 Å². The van der Waals surface area contributed by atoms with Crippen LogP contribution in [0.25, 0.3) is 11.4 Å². The molecule has 0 aromatic carbocycles. The van der Waals surface area contributed by atoms with Crippen molar-refractivity contribution in [3.05, 3.63) is 23.7 Å². The molecule has 0 radical (unpaired) electrons. The first-order valence-corrected chi connectivity index (χ1v) is 6.75. The summed E-state index contributed by atoms with van der Waals surface area (Å²) in [5, 5.41) is 7.64. The summed E-state index contributed by atoms with van der Waals surface area (Å²) in [5.41, 5.74) is 2.73. The number of rotatable bonds is 6. The third-order valence-corrected chi connectivity index (χ3v) is 2.88. The summed E-state index contributed by atoms with van der Waals surface area (Å²) >= 11 is 0. The second-order valence-electron chi connectivity index (χ2n) is 4.73. The summed E-state index contributed by atoms with van der Waals surface area (Å²) in [5.74, 6) is 1.51. The highest BCUT2D eigenvalue weighted by molar-refractivity contribution is 5.59. The number of hydrogen-bond donors (Lipinski definition) is 1. The molecule has 0 unspecified atom stereocenters. The van der Waals surface area contributed by atoms with Crippen molar-refractivity contribution in [1.29, 1.82) is 0 Å². The van der Waals surface area contributed by atoms with Gasteiger partial charge in [-0.15, -0.1) is 0 Å². The molecule has 2 heterocycles. The molecule has 0 fully saturated rings. The van der Waals surface area contributed by atoms with Crippen molar-refractivity contribution in [2.45, 2.75) is 26.9 Å². The Kier molecular flexibility index (Phi) is 4.68. The van der Waals surface area contributed by atoms with Gasteiger partial charge in [0.15, 0.2) is 5.82 Å². The first-order chi connectivity index (χ1) is 9.63. The Morgan fingerprint density at radius 3 is 2.75 bits per heavy atom. The van der Waals surface area contributed by atoms with Gasteiger partial charge in [-0.05, 0) is 13.3 Å². The van der Waals surface area contributed by atoms with Crippen LogP contribution in [0.1, 0.15) is 24.7 Å². The van der Waals surface area contributed by atoms with Gasteiger partial charge in [-0.25, -0.2) is 9.97 Å². The van der Waals surface area contributed by atoms with Crippen LogP contribution in [0.4, 0.5) is 5.82 Å². The van der Waals surface area contributed by atoms with Crippen molar-refractivity contribution in [2.24, 2.45) is 7.05 Å². The summed E-state index contributed by atoms with van der Waals surface area (Å²) in [4.78, 5) is 9.11. The Morgan fingerprint density at radius 2 is 2.15 bits per heavy atom. The lowest BCUT2D eigenvalue weighted by Gasteiger charge is -2.08. The maximum atomic E-state index is 5.17. The lowest BCUT2D eigenvalue weighted by molar-refractivity contribution is 0.181. The minimum absolute atomic E-state index is 0.468. The van der Waals surface area contributed by atoms with Gasteiger partial charge in [0.25, 0.3) is 0 Å². The maximum Gasteiger partial charge on any atom is 0.165 e. The Hall–Kier alpha value is -1.95. The molecular weight excluding hydrogens is 254 g/mol. The van der Waals surface area contributed by atoms with Crippen LogP contribution >= 0.6 is 0 Å². The topological polar surface area (TPSA) is 64.9 Å². The van der Waals surface area contributed by atoms with Crippen LogP contribution in [0.2, 0.25) is 0 Å². The normalized spacial score (nSPS) is 10.8. The molecule has 20 heavy (non-hydrogen) atoms. The standard InChI is InChI=1S/C14H21N5O/c1-5-6-15-13-7-11(9-20-4)16-14(17-13)12-8-19(3)18-10(12)2/h7-8H,5-6,9H2,1-4H3,(H,15,16,17). The second kappa shape index (κ2) is 6.47. The number of hydrogen-bond acceptors (Lipinski definition) is 5. The molecule has 0 saturated carbocycles. The van der Waals surface area contributed by atoms with Crippen molar-refractivity contribution in [1.82, 2.24) is 19.7 Å². The highest BCUT2D eigenvalue weighted by Crippen LogP contribution is 2.21. The molecule has 2 aromatic rings. The largest absolute Gasteiger partial charge is 0.378 e.